The Labute approximate surface area is 125 Å². The van der Waals surface area contributed by atoms with E-state index >= 15 is 0 Å². The minimum Gasteiger partial charge on any atom is -0.444 e. The van der Waals surface area contributed by atoms with Gasteiger partial charge >= 0.3 is 6.09 Å². The maximum atomic E-state index is 12.2. The van der Waals surface area contributed by atoms with E-state index in [1.807, 2.05) is 20.8 Å². The summed E-state index contributed by atoms with van der Waals surface area (Å²) in [6.45, 7) is 9.08. The van der Waals surface area contributed by atoms with Crippen molar-refractivity contribution in [2.24, 2.45) is 0 Å². The van der Waals surface area contributed by atoms with Gasteiger partial charge in [0.15, 0.2) is 0 Å². The summed E-state index contributed by atoms with van der Waals surface area (Å²) in [6, 6.07) is 6.46. The van der Waals surface area contributed by atoms with Gasteiger partial charge in [-0.25, -0.2) is 4.79 Å². The lowest BCUT2D eigenvalue weighted by molar-refractivity contribution is 0.0222. The smallest absolute Gasteiger partial charge is 0.410 e. The third kappa shape index (κ3) is 2.75. The number of H-pyrrole nitrogens is 1. The SMILES string of the molecule is Cc1ccc2c3c([nH]c2c1)CN(C(=O)OC(C)(C)C)CC3. The van der Waals surface area contributed by atoms with Crippen LogP contribution in [0.5, 0.6) is 0 Å². The molecule has 1 aliphatic heterocycles. The number of ether oxygens (including phenoxy) is 1. The third-order valence-corrected chi connectivity index (χ3v) is 3.78. The Morgan fingerprint density at radius 2 is 2.10 bits per heavy atom. The number of rotatable bonds is 0. The summed E-state index contributed by atoms with van der Waals surface area (Å²) >= 11 is 0. The fourth-order valence-corrected chi connectivity index (χ4v) is 2.84. The molecule has 1 N–H and O–H groups in total. The topological polar surface area (TPSA) is 45.3 Å². The van der Waals surface area contributed by atoms with E-state index in [4.69, 9.17) is 4.74 Å². The summed E-state index contributed by atoms with van der Waals surface area (Å²) in [5.74, 6) is 0. The lowest BCUT2D eigenvalue weighted by Crippen LogP contribution is -2.39. The van der Waals surface area contributed by atoms with E-state index in [2.05, 4.69) is 30.1 Å². The average Bonchev–Trinajstić information content (AvgIpc) is 2.72. The molecule has 2 heterocycles. The fraction of sp³-hybridized carbons (Fsp3) is 0.471. The molecule has 21 heavy (non-hydrogen) atoms. The maximum absolute atomic E-state index is 12.2. The van der Waals surface area contributed by atoms with E-state index in [9.17, 15) is 4.79 Å². The highest BCUT2D eigenvalue weighted by molar-refractivity contribution is 5.86. The number of nitrogens with one attached hydrogen (secondary N) is 1. The van der Waals surface area contributed by atoms with Crippen LogP contribution in [0, 0.1) is 6.92 Å². The number of fused-ring (bicyclic) bond motifs is 3. The molecule has 4 heteroatoms. The van der Waals surface area contributed by atoms with E-state index < -0.39 is 5.60 Å². The lowest BCUT2D eigenvalue weighted by Gasteiger charge is -2.30. The Balaban J connectivity index is 1.86. The largest absolute Gasteiger partial charge is 0.444 e. The molecule has 0 unspecified atom stereocenters. The monoisotopic (exact) mass is 286 g/mol. The molecule has 1 aliphatic rings. The molecule has 4 nitrogen and oxygen atoms in total. The lowest BCUT2D eigenvalue weighted by atomic mass is 10.0. The van der Waals surface area contributed by atoms with Gasteiger partial charge in [-0.15, -0.1) is 0 Å². The van der Waals surface area contributed by atoms with Gasteiger partial charge < -0.3 is 14.6 Å². The molecule has 0 aliphatic carbocycles. The number of aromatic nitrogens is 1. The molecule has 112 valence electrons. The number of carbonyl (C=O) groups excluding carboxylic acids is 1. The van der Waals surface area contributed by atoms with E-state index in [-0.39, 0.29) is 6.09 Å². The molecular weight excluding hydrogens is 264 g/mol. The number of benzene rings is 1. The van der Waals surface area contributed by atoms with Crippen molar-refractivity contribution in [1.29, 1.82) is 0 Å². The second-order valence-corrected chi connectivity index (χ2v) is 6.78. The van der Waals surface area contributed by atoms with Crippen molar-refractivity contribution < 1.29 is 9.53 Å². The Bertz CT molecular complexity index is 695. The van der Waals surface area contributed by atoms with Crippen LogP contribution in [0.3, 0.4) is 0 Å². The Kier molecular flexibility index (Phi) is 3.19. The van der Waals surface area contributed by atoms with E-state index in [1.165, 1.54) is 16.5 Å². The summed E-state index contributed by atoms with van der Waals surface area (Å²) in [4.78, 5) is 17.4. The summed E-state index contributed by atoms with van der Waals surface area (Å²) in [5.41, 5.74) is 4.42. The summed E-state index contributed by atoms with van der Waals surface area (Å²) in [5, 5.41) is 1.28. The zero-order valence-corrected chi connectivity index (χ0v) is 13.1. The second-order valence-electron chi connectivity index (χ2n) is 6.78. The van der Waals surface area contributed by atoms with Gasteiger partial charge in [0.2, 0.25) is 0 Å². The van der Waals surface area contributed by atoms with Crippen LogP contribution in [0.25, 0.3) is 10.9 Å². The van der Waals surface area contributed by atoms with Crippen LogP contribution in [-0.2, 0) is 17.7 Å². The fourth-order valence-electron chi connectivity index (χ4n) is 2.84. The highest BCUT2D eigenvalue weighted by Crippen LogP contribution is 2.28. The molecule has 0 atom stereocenters. The Morgan fingerprint density at radius 3 is 2.81 bits per heavy atom. The summed E-state index contributed by atoms with van der Waals surface area (Å²) < 4.78 is 5.46. The zero-order valence-electron chi connectivity index (χ0n) is 13.1. The van der Waals surface area contributed by atoms with Gasteiger partial charge in [0, 0.05) is 23.1 Å². The minimum atomic E-state index is -0.449. The molecule has 0 fully saturated rings. The van der Waals surface area contributed by atoms with Crippen molar-refractivity contribution >= 4 is 17.0 Å². The first-order chi connectivity index (χ1) is 9.83. The number of hydrogen-bond acceptors (Lipinski definition) is 2. The average molecular weight is 286 g/mol. The van der Waals surface area contributed by atoms with Gasteiger partial charge in [-0.3, -0.25) is 0 Å². The van der Waals surface area contributed by atoms with Crippen molar-refractivity contribution in [3.05, 3.63) is 35.0 Å². The van der Waals surface area contributed by atoms with E-state index in [0.29, 0.717) is 13.1 Å². The molecule has 0 saturated carbocycles. The Hall–Kier alpha value is -1.97. The molecule has 2 aromatic rings. The predicted molar refractivity (Wildman–Crippen MR) is 83.4 cm³/mol. The van der Waals surface area contributed by atoms with Crippen molar-refractivity contribution in [3.63, 3.8) is 0 Å². The number of aromatic amines is 1. The molecule has 0 bridgehead atoms. The van der Waals surface area contributed by atoms with Gasteiger partial charge in [0.05, 0.1) is 6.54 Å². The van der Waals surface area contributed by atoms with Crippen molar-refractivity contribution in [2.45, 2.75) is 46.3 Å². The third-order valence-electron chi connectivity index (χ3n) is 3.78. The van der Waals surface area contributed by atoms with Crippen LogP contribution >= 0.6 is 0 Å². The van der Waals surface area contributed by atoms with Gasteiger partial charge in [0.1, 0.15) is 5.60 Å². The molecule has 1 aromatic carbocycles. The van der Waals surface area contributed by atoms with Crippen LogP contribution in [-0.4, -0.2) is 28.1 Å². The number of aryl methyl sites for hydroxylation is 1. The molecule has 0 saturated heterocycles. The van der Waals surface area contributed by atoms with Crippen LogP contribution < -0.4 is 0 Å². The highest BCUT2D eigenvalue weighted by Gasteiger charge is 2.27. The molecule has 1 amide bonds. The summed E-state index contributed by atoms with van der Waals surface area (Å²) in [7, 11) is 0. The number of amides is 1. The quantitative estimate of drug-likeness (QED) is 0.801. The normalized spacial score (nSPS) is 15.1. The van der Waals surface area contributed by atoms with Crippen molar-refractivity contribution in [1.82, 2.24) is 9.88 Å². The van der Waals surface area contributed by atoms with Crippen LogP contribution in [0.2, 0.25) is 0 Å². The van der Waals surface area contributed by atoms with E-state index in [0.717, 1.165) is 17.6 Å². The molecule has 0 radical (unpaired) electrons. The van der Waals surface area contributed by atoms with Gasteiger partial charge in [-0.05, 0) is 51.3 Å². The summed E-state index contributed by atoms with van der Waals surface area (Å²) in [6.07, 6.45) is 0.639. The highest BCUT2D eigenvalue weighted by atomic mass is 16.6. The standard InChI is InChI=1S/C17H22N2O2/c1-11-5-6-12-13-7-8-19(16(20)21-17(2,3)4)10-15(13)18-14(12)9-11/h5-6,9,18H,7-8,10H2,1-4H3. The van der Waals surface area contributed by atoms with E-state index in [1.54, 1.807) is 4.90 Å². The zero-order chi connectivity index (χ0) is 15.2. The molecule has 0 spiro atoms. The maximum Gasteiger partial charge on any atom is 0.410 e. The number of carbonyl (C=O) groups is 1. The second kappa shape index (κ2) is 4.79. The molecular formula is C17H22N2O2. The van der Waals surface area contributed by atoms with Gasteiger partial charge in [0.25, 0.3) is 0 Å². The van der Waals surface area contributed by atoms with Crippen LogP contribution in [0.1, 0.15) is 37.6 Å². The first kappa shape index (κ1) is 14.0. The number of hydrogen-bond donors (Lipinski definition) is 1. The predicted octanol–water partition coefficient (Wildman–Crippen LogP) is 3.77. The van der Waals surface area contributed by atoms with Gasteiger partial charge in [-0.1, -0.05) is 12.1 Å². The van der Waals surface area contributed by atoms with Crippen LogP contribution in [0.4, 0.5) is 4.79 Å². The first-order valence-corrected chi connectivity index (χ1v) is 7.41. The molecule has 3 rings (SSSR count). The Morgan fingerprint density at radius 1 is 1.33 bits per heavy atom. The molecule has 1 aromatic heterocycles. The number of nitrogens with zero attached hydrogens (tertiary/aromatic N) is 1. The van der Waals surface area contributed by atoms with Gasteiger partial charge in [-0.2, -0.15) is 0 Å². The van der Waals surface area contributed by atoms with Crippen LogP contribution in [0.15, 0.2) is 18.2 Å². The first-order valence-electron chi connectivity index (χ1n) is 7.41. The minimum absolute atomic E-state index is 0.233. The van der Waals surface area contributed by atoms with Crippen molar-refractivity contribution in [3.8, 4) is 0 Å². The van der Waals surface area contributed by atoms with Crippen molar-refractivity contribution in [2.75, 3.05) is 6.54 Å².